The van der Waals surface area contributed by atoms with Crippen molar-refractivity contribution in [2.75, 3.05) is 32.6 Å². The van der Waals surface area contributed by atoms with Crippen molar-refractivity contribution in [3.63, 3.8) is 0 Å². The highest BCUT2D eigenvalue weighted by Gasteiger charge is 2.33. The van der Waals surface area contributed by atoms with E-state index in [2.05, 4.69) is 5.32 Å². The van der Waals surface area contributed by atoms with Gasteiger partial charge < -0.3 is 38.3 Å². The molecule has 17 heteroatoms. The Bertz CT molecular complexity index is 2260. The molecule has 0 aliphatic carbocycles. The highest BCUT2D eigenvalue weighted by molar-refractivity contribution is 7.90. The number of carbonyl (C=O) groups excluding carboxylic acids is 4. The zero-order valence-corrected chi connectivity index (χ0v) is 33.3. The molecule has 0 radical (unpaired) electrons. The Kier molecular flexibility index (Phi) is 12.3. The van der Waals surface area contributed by atoms with Gasteiger partial charge in [-0.15, -0.1) is 0 Å². The summed E-state index contributed by atoms with van der Waals surface area (Å²) in [5, 5.41) is 3.52. The number of ether oxygens (including phenoxy) is 5. The molecule has 2 aliphatic heterocycles. The number of fused-ring (bicyclic) bond motifs is 2. The van der Waals surface area contributed by atoms with Gasteiger partial charge in [0.25, 0.3) is 11.8 Å². The van der Waals surface area contributed by atoms with Crippen LogP contribution in [0.25, 0.3) is 11.0 Å². The molecule has 3 aromatic carbocycles. The maximum Gasteiger partial charge on any atom is 0.511 e. The summed E-state index contributed by atoms with van der Waals surface area (Å²) >= 11 is 13.5. The Balaban J connectivity index is 1.15. The van der Waals surface area contributed by atoms with E-state index in [1.807, 2.05) is 0 Å². The Morgan fingerprint density at radius 3 is 2.50 bits per heavy atom. The van der Waals surface area contributed by atoms with Crippen molar-refractivity contribution in [1.82, 2.24) is 10.2 Å². The van der Waals surface area contributed by atoms with E-state index in [4.69, 9.17) is 51.3 Å². The largest absolute Gasteiger partial charge is 0.511 e. The summed E-state index contributed by atoms with van der Waals surface area (Å²) in [6.45, 7) is 5.84. The Morgan fingerprint density at radius 2 is 1.77 bits per heavy atom. The van der Waals surface area contributed by atoms with Crippen molar-refractivity contribution >= 4 is 67.9 Å². The minimum Gasteiger partial charge on any atom is -0.464 e. The van der Waals surface area contributed by atoms with Crippen LogP contribution in [-0.4, -0.2) is 88.0 Å². The molecule has 2 atom stereocenters. The molecule has 56 heavy (non-hydrogen) atoms. The first kappa shape index (κ1) is 41.0. The van der Waals surface area contributed by atoms with Gasteiger partial charge in [-0.3, -0.25) is 9.59 Å². The third-order valence-corrected chi connectivity index (χ3v) is 11.1. The Hall–Kier alpha value is -4.67. The molecule has 2 amide bonds. The molecule has 298 valence electrons. The van der Waals surface area contributed by atoms with Gasteiger partial charge in [0.15, 0.2) is 15.6 Å². The van der Waals surface area contributed by atoms with E-state index in [1.165, 1.54) is 25.1 Å². The lowest BCUT2D eigenvalue weighted by molar-refractivity contribution is -0.265. The second-order valence-corrected chi connectivity index (χ2v) is 16.9. The van der Waals surface area contributed by atoms with Crippen molar-refractivity contribution in [2.24, 2.45) is 5.92 Å². The summed E-state index contributed by atoms with van der Waals surface area (Å²) in [5.41, 5.74) is 2.57. The quantitative estimate of drug-likeness (QED) is 0.136. The zero-order chi connectivity index (χ0) is 40.4. The summed E-state index contributed by atoms with van der Waals surface area (Å²) in [5.74, 6) is -3.01. The maximum absolute atomic E-state index is 13.9. The average Bonchev–Trinajstić information content (AvgIpc) is 3.61. The number of sulfone groups is 1. The van der Waals surface area contributed by atoms with Crippen molar-refractivity contribution < 1.29 is 55.7 Å². The van der Waals surface area contributed by atoms with Gasteiger partial charge in [-0.2, -0.15) is 0 Å². The molecule has 2 aliphatic rings. The molecule has 0 saturated carbocycles. The molecule has 1 aromatic heterocycles. The van der Waals surface area contributed by atoms with Crippen molar-refractivity contribution in [1.29, 1.82) is 0 Å². The first-order chi connectivity index (χ1) is 26.5. The van der Waals surface area contributed by atoms with Crippen LogP contribution in [0.4, 0.5) is 4.79 Å². The second kappa shape index (κ2) is 16.8. The monoisotopic (exact) mass is 830 g/mol. The average molecular weight is 832 g/mol. The molecule has 3 heterocycles. The van der Waals surface area contributed by atoms with Crippen LogP contribution in [0, 0.1) is 5.92 Å². The number of benzene rings is 3. The van der Waals surface area contributed by atoms with E-state index < -0.39 is 46.0 Å². The number of hydrogen-bond acceptors (Lipinski definition) is 12. The molecular weight excluding hydrogens is 791 g/mol. The molecule has 0 spiro atoms. The fourth-order valence-electron chi connectivity index (χ4n) is 6.31. The van der Waals surface area contributed by atoms with E-state index >= 15 is 0 Å². The van der Waals surface area contributed by atoms with Crippen LogP contribution in [0.2, 0.25) is 10.0 Å². The van der Waals surface area contributed by atoms with E-state index in [-0.39, 0.29) is 51.9 Å². The SMILES string of the molecule is CC(OC(=O)OCC1COC(C)(C)OC1)OC(=O)C(Cc1cccc(S(C)(=O)=O)c1)NC(=O)c1c(Cl)cc2c(c1Cl)CCN(C(=O)c1ccc3ccoc3c1)C2. The van der Waals surface area contributed by atoms with Gasteiger partial charge in [-0.1, -0.05) is 41.4 Å². The van der Waals surface area contributed by atoms with Gasteiger partial charge in [0.1, 0.15) is 18.2 Å². The molecule has 2 unspecified atom stereocenters. The summed E-state index contributed by atoms with van der Waals surface area (Å²) in [6.07, 6.45) is 0.135. The fourth-order valence-corrected chi connectivity index (χ4v) is 7.77. The number of carbonyl (C=O) groups is 4. The lowest BCUT2D eigenvalue weighted by Crippen LogP contribution is -2.45. The summed E-state index contributed by atoms with van der Waals surface area (Å²) in [4.78, 5) is 55.0. The minimum absolute atomic E-state index is 0.0000343. The minimum atomic E-state index is -3.61. The van der Waals surface area contributed by atoms with Crippen LogP contribution >= 0.6 is 23.2 Å². The van der Waals surface area contributed by atoms with E-state index in [9.17, 15) is 27.6 Å². The van der Waals surface area contributed by atoms with Crippen LogP contribution in [-0.2, 0) is 57.7 Å². The predicted molar refractivity (Wildman–Crippen MR) is 203 cm³/mol. The molecule has 4 aromatic rings. The normalized spacial score (nSPS) is 16.7. The highest BCUT2D eigenvalue weighted by Crippen LogP contribution is 2.35. The third-order valence-electron chi connectivity index (χ3n) is 9.29. The molecule has 14 nitrogen and oxygen atoms in total. The summed E-state index contributed by atoms with van der Waals surface area (Å²) in [6, 6.07) is 13.0. The van der Waals surface area contributed by atoms with E-state index in [0.29, 0.717) is 54.0 Å². The van der Waals surface area contributed by atoms with Crippen molar-refractivity contribution in [2.45, 2.75) is 63.2 Å². The molecule has 0 bridgehead atoms. The molecule has 1 N–H and O–H groups in total. The Morgan fingerprint density at radius 1 is 1.02 bits per heavy atom. The predicted octanol–water partition coefficient (Wildman–Crippen LogP) is 6.12. The van der Waals surface area contributed by atoms with Crippen molar-refractivity contribution in [3.05, 3.63) is 98.7 Å². The van der Waals surface area contributed by atoms with Crippen LogP contribution in [0.3, 0.4) is 0 Å². The van der Waals surface area contributed by atoms with Gasteiger partial charge >= 0.3 is 12.1 Å². The maximum atomic E-state index is 13.9. The van der Waals surface area contributed by atoms with Crippen LogP contribution < -0.4 is 5.32 Å². The number of nitrogens with one attached hydrogen (secondary N) is 1. The summed E-state index contributed by atoms with van der Waals surface area (Å²) < 4.78 is 56.8. The van der Waals surface area contributed by atoms with Crippen LogP contribution in [0.5, 0.6) is 0 Å². The number of rotatable bonds is 11. The van der Waals surface area contributed by atoms with Gasteiger partial charge in [-0.05, 0) is 73.4 Å². The standard InChI is InChI=1S/C39H40Cl2N2O12S/c1-22(55-38(47)51-19-24-20-52-39(2,3)53-21-24)54-37(46)31(15-23-6-5-7-28(14-23)56(4,48)49)42-35(44)33-30(40)16-27-18-43(12-10-29(27)34(33)41)36(45)26-9-8-25-11-13-50-32(25)17-26/h5-9,11,13-14,16-17,22,24,31H,10,12,15,18-21H2,1-4H3,(H,42,44). The summed E-state index contributed by atoms with van der Waals surface area (Å²) in [7, 11) is -3.61. The highest BCUT2D eigenvalue weighted by atomic mass is 35.5. The second-order valence-electron chi connectivity index (χ2n) is 14.1. The number of furan rings is 1. The number of hydrogen-bond donors (Lipinski definition) is 1. The molecule has 1 saturated heterocycles. The first-order valence-corrected chi connectivity index (χ1v) is 20.3. The lowest BCUT2D eigenvalue weighted by atomic mass is 9.95. The van der Waals surface area contributed by atoms with Crippen molar-refractivity contribution in [3.8, 4) is 0 Å². The lowest BCUT2D eigenvalue weighted by Gasteiger charge is -2.34. The smallest absolute Gasteiger partial charge is 0.464 e. The number of esters is 1. The topological polar surface area (TPSA) is 177 Å². The Labute approximate surface area is 333 Å². The van der Waals surface area contributed by atoms with Gasteiger partial charge in [-0.25, -0.2) is 18.0 Å². The van der Waals surface area contributed by atoms with Gasteiger partial charge in [0, 0.05) is 49.6 Å². The molecular formula is C39H40Cl2N2O12S. The van der Waals surface area contributed by atoms with Gasteiger partial charge in [0.2, 0.25) is 6.29 Å². The fraction of sp³-hybridized carbons (Fsp3) is 0.385. The first-order valence-electron chi connectivity index (χ1n) is 17.7. The van der Waals surface area contributed by atoms with Crippen LogP contribution in [0.15, 0.2) is 70.2 Å². The van der Waals surface area contributed by atoms with E-state index in [0.717, 1.165) is 11.6 Å². The van der Waals surface area contributed by atoms with Crippen LogP contribution in [0.1, 0.15) is 58.2 Å². The van der Waals surface area contributed by atoms with Gasteiger partial charge in [0.05, 0.1) is 40.0 Å². The molecule has 1 fully saturated rings. The number of nitrogens with zero attached hydrogens (tertiary/aromatic N) is 1. The number of halogens is 2. The third kappa shape index (κ3) is 9.82. The zero-order valence-electron chi connectivity index (χ0n) is 31.0. The van der Waals surface area contributed by atoms with E-state index in [1.54, 1.807) is 61.4 Å². The number of amides is 2. The molecule has 6 rings (SSSR count).